The predicted molar refractivity (Wildman–Crippen MR) is 101 cm³/mol. The summed E-state index contributed by atoms with van der Waals surface area (Å²) in [6.07, 6.45) is 2.89. The lowest BCUT2D eigenvalue weighted by atomic mass is 10.1. The molecular formula is C20H21N5O2. The number of nitrogens with one attached hydrogen (secondary N) is 1. The van der Waals surface area contributed by atoms with E-state index in [0.717, 1.165) is 19.6 Å². The smallest absolute Gasteiger partial charge is 0.257 e. The molecule has 0 saturated carbocycles. The van der Waals surface area contributed by atoms with Gasteiger partial charge in [0.1, 0.15) is 6.07 Å². The monoisotopic (exact) mass is 363 g/mol. The van der Waals surface area contributed by atoms with Crippen LogP contribution in [0.3, 0.4) is 0 Å². The molecule has 7 heteroatoms. The van der Waals surface area contributed by atoms with Crippen molar-refractivity contribution in [1.29, 1.82) is 5.26 Å². The van der Waals surface area contributed by atoms with Crippen LogP contribution in [0.4, 0.5) is 5.69 Å². The highest BCUT2D eigenvalue weighted by Gasteiger charge is 2.22. The highest BCUT2D eigenvalue weighted by atomic mass is 16.2. The van der Waals surface area contributed by atoms with Gasteiger partial charge in [0.05, 0.1) is 22.4 Å². The van der Waals surface area contributed by atoms with Crippen molar-refractivity contribution in [2.24, 2.45) is 0 Å². The van der Waals surface area contributed by atoms with Gasteiger partial charge in [-0.3, -0.25) is 14.6 Å². The molecule has 3 rings (SSSR count). The van der Waals surface area contributed by atoms with Crippen LogP contribution in [0.15, 0.2) is 42.7 Å². The number of hydrogen-bond donors (Lipinski definition) is 1. The zero-order chi connectivity index (χ0) is 19.2. The highest BCUT2D eigenvalue weighted by Crippen LogP contribution is 2.16. The average Bonchev–Trinajstić information content (AvgIpc) is 2.73. The van der Waals surface area contributed by atoms with Gasteiger partial charge in [0, 0.05) is 38.6 Å². The first kappa shape index (κ1) is 18.5. The fraction of sp³-hybridized carbons (Fsp3) is 0.300. The molecule has 27 heavy (non-hydrogen) atoms. The Morgan fingerprint density at radius 2 is 1.85 bits per heavy atom. The van der Waals surface area contributed by atoms with E-state index >= 15 is 0 Å². The minimum Gasteiger partial charge on any atom is -0.336 e. The van der Waals surface area contributed by atoms with Crippen molar-refractivity contribution in [3.05, 3.63) is 59.4 Å². The number of benzene rings is 1. The number of nitriles is 1. The number of likely N-dealkylation sites (N-methyl/N-ethyl adjacent to an activating group) is 1. The number of piperazine rings is 1. The van der Waals surface area contributed by atoms with Crippen LogP contribution in [-0.2, 0) is 0 Å². The zero-order valence-electron chi connectivity index (χ0n) is 15.2. The van der Waals surface area contributed by atoms with E-state index in [4.69, 9.17) is 5.26 Å². The first-order valence-corrected chi connectivity index (χ1v) is 8.89. The second-order valence-electron chi connectivity index (χ2n) is 6.30. The molecule has 2 aromatic rings. The molecule has 1 fully saturated rings. The van der Waals surface area contributed by atoms with E-state index in [-0.39, 0.29) is 11.5 Å². The van der Waals surface area contributed by atoms with Crippen molar-refractivity contribution in [3.8, 4) is 6.07 Å². The van der Waals surface area contributed by atoms with Crippen LogP contribution in [-0.4, -0.2) is 59.3 Å². The third-order valence-corrected chi connectivity index (χ3v) is 4.65. The van der Waals surface area contributed by atoms with Crippen LogP contribution >= 0.6 is 0 Å². The molecule has 7 nitrogen and oxygen atoms in total. The molecular weight excluding hydrogens is 342 g/mol. The maximum Gasteiger partial charge on any atom is 0.257 e. The van der Waals surface area contributed by atoms with Crippen LogP contribution in [0.25, 0.3) is 0 Å². The Labute approximate surface area is 158 Å². The molecule has 0 bridgehead atoms. The number of nitrogens with zero attached hydrogens (tertiary/aromatic N) is 4. The number of carbonyl (C=O) groups excluding carboxylic acids is 2. The van der Waals surface area contributed by atoms with E-state index in [0.29, 0.717) is 29.9 Å². The quantitative estimate of drug-likeness (QED) is 0.897. The van der Waals surface area contributed by atoms with Gasteiger partial charge in [-0.2, -0.15) is 5.26 Å². The Morgan fingerprint density at radius 1 is 1.15 bits per heavy atom. The summed E-state index contributed by atoms with van der Waals surface area (Å²) >= 11 is 0. The van der Waals surface area contributed by atoms with Crippen molar-refractivity contribution in [2.75, 3.05) is 38.0 Å². The molecule has 0 unspecified atom stereocenters. The number of rotatable bonds is 4. The maximum atomic E-state index is 12.7. The van der Waals surface area contributed by atoms with E-state index in [1.165, 1.54) is 12.4 Å². The lowest BCUT2D eigenvalue weighted by Crippen LogP contribution is -2.48. The Bertz CT molecular complexity index is 882. The molecule has 138 valence electrons. The lowest BCUT2D eigenvalue weighted by Gasteiger charge is -2.34. The van der Waals surface area contributed by atoms with Crippen LogP contribution in [0.1, 0.15) is 33.2 Å². The lowest BCUT2D eigenvalue weighted by molar-refractivity contribution is 0.0643. The molecule has 2 amide bonds. The highest BCUT2D eigenvalue weighted by molar-refractivity contribution is 6.06. The summed E-state index contributed by atoms with van der Waals surface area (Å²) in [5.41, 5.74) is 1.47. The van der Waals surface area contributed by atoms with Gasteiger partial charge in [-0.1, -0.05) is 19.1 Å². The number of carbonyl (C=O) groups is 2. The molecule has 0 radical (unpaired) electrons. The molecule has 1 aromatic heterocycles. The summed E-state index contributed by atoms with van der Waals surface area (Å²) in [7, 11) is 0. The second-order valence-corrected chi connectivity index (χ2v) is 6.30. The topological polar surface area (TPSA) is 89.3 Å². The third kappa shape index (κ3) is 4.30. The summed E-state index contributed by atoms with van der Waals surface area (Å²) < 4.78 is 0. The van der Waals surface area contributed by atoms with Gasteiger partial charge in [-0.05, 0) is 24.7 Å². The van der Waals surface area contributed by atoms with Crippen molar-refractivity contribution in [1.82, 2.24) is 14.8 Å². The van der Waals surface area contributed by atoms with E-state index in [2.05, 4.69) is 22.1 Å². The molecule has 0 aliphatic carbocycles. The second kappa shape index (κ2) is 8.43. The molecule has 1 aliphatic heterocycles. The summed E-state index contributed by atoms with van der Waals surface area (Å²) in [5.74, 6) is -0.527. The largest absolute Gasteiger partial charge is 0.336 e. The molecule has 0 atom stereocenters. The normalized spacial score (nSPS) is 14.4. The fourth-order valence-corrected chi connectivity index (χ4v) is 3.01. The van der Waals surface area contributed by atoms with Crippen LogP contribution < -0.4 is 5.32 Å². The average molecular weight is 363 g/mol. The SMILES string of the molecule is CCN1CCN(C(=O)c2cncc(C(=O)Nc3ccccc3C#N)c2)CC1. The van der Waals surface area contributed by atoms with E-state index in [1.54, 1.807) is 35.2 Å². The van der Waals surface area contributed by atoms with Crippen LogP contribution in [0.2, 0.25) is 0 Å². The Morgan fingerprint density at radius 3 is 2.56 bits per heavy atom. The summed E-state index contributed by atoms with van der Waals surface area (Å²) in [4.78, 5) is 33.4. The molecule has 1 aromatic carbocycles. The molecule has 0 spiro atoms. The third-order valence-electron chi connectivity index (χ3n) is 4.65. The number of anilines is 1. The summed E-state index contributed by atoms with van der Waals surface area (Å²) in [6.45, 7) is 6.11. The Hall–Kier alpha value is -3.24. The van der Waals surface area contributed by atoms with Gasteiger partial charge in [0.2, 0.25) is 0 Å². The summed E-state index contributed by atoms with van der Waals surface area (Å²) in [6, 6.07) is 10.3. The van der Waals surface area contributed by atoms with E-state index in [9.17, 15) is 9.59 Å². The van der Waals surface area contributed by atoms with Crippen molar-refractivity contribution < 1.29 is 9.59 Å². The van der Waals surface area contributed by atoms with Crippen molar-refractivity contribution in [2.45, 2.75) is 6.92 Å². The number of para-hydroxylation sites is 1. The van der Waals surface area contributed by atoms with Crippen molar-refractivity contribution >= 4 is 17.5 Å². The number of pyridine rings is 1. The molecule has 2 heterocycles. The first-order valence-electron chi connectivity index (χ1n) is 8.89. The van der Waals surface area contributed by atoms with Crippen LogP contribution in [0.5, 0.6) is 0 Å². The van der Waals surface area contributed by atoms with Gasteiger partial charge >= 0.3 is 0 Å². The van der Waals surface area contributed by atoms with Gasteiger partial charge in [-0.15, -0.1) is 0 Å². The van der Waals surface area contributed by atoms with E-state index in [1.807, 2.05) is 6.07 Å². The number of amides is 2. The van der Waals surface area contributed by atoms with Crippen LogP contribution in [0, 0.1) is 11.3 Å². The van der Waals surface area contributed by atoms with Crippen molar-refractivity contribution in [3.63, 3.8) is 0 Å². The van der Waals surface area contributed by atoms with Gasteiger partial charge in [0.15, 0.2) is 0 Å². The molecule has 1 N–H and O–H groups in total. The Kier molecular flexibility index (Phi) is 5.79. The first-order chi connectivity index (χ1) is 13.1. The van der Waals surface area contributed by atoms with E-state index < -0.39 is 5.91 Å². The number of aromatic nitrogens is 1. The molecule has 1 saturated heterocycles. The van der Waals surface area contributed by atoms with Gasteiger partial charge < -0.3 is 15.1 Å². The van der Waals surface area contributed by atoms with Gasteiger partial charge in [-0.25, -0.2) is 0 Å². The maximum absolute atomic E-state index is 12.7. The standard InChI is InChI=1S/C20H21N5O2/c1-2-24-7-9-25(10-8-24)20(27)17-11-16(13-22-14-17)19(26)23-18-6-4-3-5-15(18)12-21/h3-6,11,13-14H,2,7-10H2,1H3,(H,23,26). The fourth-order valence-electron chi connectivity index (χ4n) is 3.01. The zero-order valence-corrected chi connectivity index (χ0v) is 15.2. The minimum atomic E-state index is -0.407. The minimum absolute atomic E-state index is 0.120. The summed E-state index contributed by atoms with van der Waals surface area (Å²) in [5, 5.41) is 11.8. The Balaban J connectivity index is 1.72. The van der Waals surface area contributed by atoms with Gasteiger partial charge in [0.25, 0.3) is 11.8 Å². The number of hydrogen-bond acceptors (Lipinski definition) is 5. The molecule has 1 aliphatic rings. The predicted octanol–water partition coefficient (Wildman–Crippen LogP) is 1.98.